The van der Waals surface area contributed by atoms with Crippen LogP contribution >= 0.6 is 0 Å². The SMILES string of the molecule is COc1c(C)cc(S(=O)(=O)N2CCN(c3cccc(C)c3)CC2)cc1C. The molecule has 2 aromatic carbocycles. The van der Waals surface area contributed by atoms with E-state index in [0.29, 0.717) is 31.1 Å². The number of rotatable bonds is 4. The molecule has 1 aliphatic heterocycles. The summed E-state index contributed by atoms with van der Waals surface area (Å²) in [6.07, 6.45) is 0. The van der Waals surface area contributed by atoms with Crippen LogP contribution < -0.4 is 9.64 Å². The number of nitrogens with zero attached hydrogens (tertiary/aromatic N) is 2. The highest BCUT2D eigenvalue weighted by Gasteiger charge is 2.29. The van der Waals surface area contributed by atoms with Crippen molar-refractivity contribution in [1.29, 1.82) is 0 Å². The zero-order chi connectivity index (χ0) is 18.9. The normalized spacial score (nSPS) is 15.9. The van der Waals surface area contributed by atoms with Crippen LogP contribution in [-0.2, 0) is 10.0 Å². The van der Waals surface area contributed by atoms with Gasteiger partial charge in [0.1, 0.15) is 5.75 Å². The average Bonchev–Trinajstić information content (AvgIpc) is 2.61. The molecule has 0 atom stereocenters. The molecule has 140 valence electrons. The Morgan fingerprint density at radius 1 is 0.923 bits per heavy atom. The predicted molar refractivity (Wildman–Crippen MR) is 105 cm³/mol. The molecule has 0 N–H and O–H groups in total. The molecule has 5 nitrogen and oxygen atoms in total. The van der Waals surface area contributed by atoms with Gasteiger partial charge in [-0.2, -0.15) is 4.31 Å². The van der Waals surface area contributed by atoms with Crippen LogP contribution in [0.4, 0.5) is 5.69 Å². The van der Waals surface area contributed by atoms with Crippen LogP contribution in [0.1, 0.15) is 16.7 Å². The van der Waals surface area contributed by atoms with Crippen LogP contribution in [0, 0.1) is 20.8 Å². The fourth-order valence-corrected chi connectivity index (χ4v) is 5.14. The Hall–Kier alpha value is -2.05. The number of ether oxygens (including phenoxy) is 1. The standard InChI is InChI=1S/C20H26N2O3S/c1-15-6-5-7-18(12-15)21-8-10-22(11-9-21)26(23,24)19-13-16(2)20(25-4)17(3)14-19/h5-7,12-14H,8-11H2,1-4H3. The molecule has 0 saturated carbocycles. The van der Waals surface area contributed by atoms with E-state index in [1.54, 1.807) is 23.5 Å². The lowest BCUT2D eigenvalue weighted by atomic mass is 10.1. The van der Waals surface area contributed by atoms with Crippen molar-refractivity contribution in [2.45, 2.75) is 25.7 Å². The summed E-state index contributed by atoms with van der Waals surface area (Å²) in [5.74, 6) is 0.744. The molecule has 0 unspecified atom stereocenters. The van der Waals surface area contributed by atoms with E-state index in [2.05, 4.69) is 30.0 Å². The van der Waals surface area contributed by atoms with Crippen molar-refractivity contribution < 1.29 is 13.2 Å². The number of piperazine rings is 1. The number of aryl methyl sites for hydroxylation is 3. The Bertz CT molecular complexity index is 878. The van der Waals surface area contributed by atoms with Crippen LogP contribution in [0.2, 0.25) is 0 Å². The fraction of sp³-hybridized carbons (Fsp3) is 0.400. The maximum absolute atomic E-state index is 13.1. The van der Waals surface area contributed by atoms with Gasteiger partial charge in [-0.3, -0.25) is 0 Å². The Kier molecular flexibility index (Phi) is 5.25. The molecule has 0 spiro atoms. The highest BCUT2D eigenvalue weighted by Crippen LogP contribution is 2.29. The summed E-state index contributed by atoms with van der Waals surface area (Å²) in [5.41, 5.74) is 4.04. The van der Waals surface area contributed by atoms with Gasteiger partial charge in [0, 0.05) is 31.9 Å². The first-order valence-corrected chi connectivity index (χ1v) is 10.2. The number of methoxy groups -OCH3 is 1. The molecule has 1 aliphatic rings. The van der Waals surface area contributed by atoms with E-state index in [9.17, 15) is 8.42 Å². The minimum atomic E-state index is -3.49. The topological polar surface area (TPSA) is 49.9 Å². The summed E-state index contributed by atoms with van der Waals surface area (Å²) in [5, 5.41) is 0. The van der Waals surface area contributed by atoms with Gasteiger partial charge in [-0.05, 0) is 61.7 Å². The van der Waals surface area contributed by atoms with Crippen molar-refractivity contribution in [3.8, 4) is 5.75 Å². The minimum absolute atomic E-state index is 0.345. The summed E-state index contributed by atoms with van der Waals surface area (Å²) < 4.78 is 33.0. The number of anilines is 1. The van der Waals surface area contributed by atoms with Crippen molar-refractivity contribution in [1.82, 2.24) is 4.31 Å². The summed E-state index contributed by atoms with van der Waals surface area (Å²) >= 11 is 0. The monoisotopic (exact) mass is 374 g/mol. The van der Waals surface area contributed by atoms with E-state index in [1.165, 1.54) is 5.56 Å². The Labute approximate surface area is 156 Å². The molecule has 26 heavy (non-hydrogen) atoms. The van der Waals surface area contributed by atoms with Gasteiger partial charge < -0.3 is 9.64 Å². The molecule has 0 radical (unpaired) electrons. The molecule has 3 rings (SSSR count). The zero-order valence-electron chi connectivity index (χ0n) is 15.8. The van der Waals surface area contributed by atoms with Crippen LogP contribution in [0.5, 0.6) is 5.75 Å². The van der Waals surface area contributed by atoms with E-state index in [4.69, 9.17) is 4.74 Å². The number of sulfonamides is 1. The third-order valence-corrected chi connectivity index (χ3v) is 6.76. The largest absolute Gasteiger partial charge is 0.496 e. The molecule has 0 aromatic heterocycles. The second-order valence-electron chi connectivity index (χ2n) is 6.82. The molecule has 1 saturated heterocycles. The van der Waals surface area contributed by atoms with Crippen molar-refractivity contribution in [3.63, 3.8) is 0 Å². The van der Waals surface area contributed by atoms with E-state index in [1.807, 2.05) is 19.9 Å². The second-order valence-corrected chi connectivity index (χ2v) is 8.76. The van der Waals surface area contributed by atoms with Crippen molar-refractivity contribution in [3.05, 3.63) is 53.1 Å². The number of hydrogen-bond donors (Lipinski definition) is 0. The molecule has 0 aliphatic carbocycles. The van der Waals surface area contributed by atoms with Gasteiger partial charge in [0.2, 0.25) is 10.0 Å². The van der Waals surface area contributed by atoms with Gasteiger partial charge in [-0.25, -0.2) is 8.42 Å². The lowest BCUT2D eigenvalue weighted by molar-refractivity contribution is 0.384. The van der Waals surface area contributed by atoms with E-state index < -0.39 is 10.0 Å². The summed E-state index contributed by atoms with van der Waals surface area (Å²) in [6, 6.07) is 11.7. The van der Waals surface area contributed by atoms with Crippen LogP contribution in [-0.4, -0.2) is 46.0 Å². The highest BCUT2D eigenvalue weighted by molar-refractivity contribution is 7.89. The smallest absolute Gasteiger partial charge is 0.243 e. The van der Waals surface area contributed by atoms with Gasteiger partial charge >= 0.3 is 0 Å². The number of hydrogen-bond acceptors (Lipinski definition) is 4. The quantitative estimate of drug-likeness (QED) is 0.825. The lowest BCUT2D eigenvalue weighted by Crippen LogP contribution is -2.48. The lowest BCUT2D eigenvalue weighted by Gasteiger charge is -2.35. The van der Waals surface area contributed by atoms with Crippen molar-refractivity contribution in [2.24, 2.45) is 0 Å². The first-order valence-electron chi connectivity index (χ1n) is 8.80. The van der Waals surface area contributed by atoms with Crippen LogP contribution in [0.3, 0.4) is 0 Å². The van der Waals surface area contributed by atoms with E-state index in [0.717, 1.165) is 22.6 Å². The van der Waals surface area contributed by atoms with Gasteiger partial charge in [0.15, 0.2) is 0 Å². The van der Waals surface area contributed by atoms with Gasteiger partial charge in [-0.1, -0.05) is 12.1 Å². The fourth-order valence-electron chi connectivity index (χ4n) is 3.54. The maximum atomic E-state index is 13.1. The van der Waals surface area contributed by atoms with Gasteiger partial charge in [0.25, 0.3) is 0 Å². The van der Waals surface area contributed by atoms with Crippen molar-refractivity contribution >= 4 is 15.7 Å². The first-order chi connectivity index (χ1) is 12.3. The summed E-state index contributed by atoms with van der Waals surface area (Å²) in [7, 11) is -1.89. The summed E-state index contributed by atoms with van der Waals surface area (Å²) in [4.78, 5) is 2.58. The Morgan fingerprint density at radius 3 is 2.08 bits per heavy atom. The maximum Gasteiger partial charge on any atom is 0.243 e. The first kappa shape index (κ1) is 18.7. The third kappa shape index (κ3) is 3.57. The Morgan fingerprint density at radius 2 is 1.54 bits per heavy atom. The van der Waals surface area contributed by atoms with Crippen LogP contribution in [0.15, 0.2) is 41.3 Å². The molecule has 6 heteroatoms. The van der Waals surface area contributed by atoms with Crippen LogP contribution in [0.25, 0.3) is 0 Å². The third-order valence-electron chi connectivity index (χ3n) is 4.88. The van der Waals surface area contributed by atoms with E-state index in [-0.39, 0.29) is 0 Å². The zero-order valence-corrected chi connectivity index (χ0v) is 16.6. The average molecular weight is 375 g/mol. The second kappa shape index (κ2) is 7.29. The molecular weight excluding hydrogens is 348 g/mol. The number of benzene rings is 2. The molecule has 0 bridgehead atoms. The molecule has 1 heterocycles. The highest BCUT2D eigenvalue weighted by atomic mass is 32.2. The molecule has 0 amide bonds. The summed E-state index contributed by atoms with van der Waals surface area (Å²) in [6.45, 7) is 8.17. The van der Waals surface area contributed by atoms with Gasteiger partial charge in [0.05, 0.1) is 12.0 Å². The van der Waals surface area contributed by atoms with E-state index >= 15 is 0 Å². The van der Waals surface area contributed by atoms with Gasteiger partial charge in [-0.15, -0.1) is 0 Å². The Balaban J connectivity index is 1.78. The van der Waals surface area contributed by atoms with Crippen molar-refractivity contribution in [2.75, 3.05) is 38.2 Å². The molecule has 2 aromatic rings. The molecular formula is C20H26N2O3S. The molecule has 1 fully saturated rings. The predicted octanol–water partition coefficient (Wildman–Crippen LogP) is 3.13. The minimum Gasteiger partial charge on any atom is -0.496 e.